The normalized spacial score (nSPS) is 14.8. The molecule has 7 nitrogen and oxygen atoms in total. The number of nitrogens with zero attached hydrogens (tertiary/aromatic N) is 3. The van der Waals surface area contributed by atoms with E-state index in [1.807, 2.05) is 0 Å². The third-order valence-electron chi connectivity index (χ3n) is 4.44. The van der Waals surface area contributed by atoms with E-state index in [1.165, 1.54) is 13.1 Å². The van der Waals surface area contributed by atoms with Crippen LogP contribution in [0, 0.1) is 5.92 Å². The van der Waals surface area contributed by atoms with Crippen molar-refractivity contribution in [3.63, 3.8) is 0 Å². The highest BCUT2D eigenvalue weighted by atomic mass is 16.2. The lowest BCUT2D eigenvalue weighted by molar-refractivity contribution is -0.114. The third kappa shape index (κ3) is 4.56. The molecule has 1 saturated heterocycles. The van der Waals surface area contributed by atoms with Crippen LogP contribution >= 0.6 is 0 Å². The smallest absolute Gasteiger partial charge is 0.275 e. The Kier molecular flexibility index (Phi) is 5.46. The average molecular weight is 353 g/mol. The number of piperidine rings is 1. The van der Waals surface area contributed by atoms with Gasteiger partial charge in [0, 0.05) is 31.4 Å². The maximum atomic E-state index is 12.3. The summed E-state index contributed by atoms with van der Waals surface area (Å²) in [5.74, 6) is 1.11. The zero-order valence-corrected chi connectivity index (χ0v) is 15.0. The first-order valence-corrected chi connectivity index (χ1v) is 8.77. The Morgan fingerprint density at radius 3 is 2.15 bits per heavy atom. The van der Waals surface area contributed by atoms with Crippen molar-refractivity contribution in [2.24, 2.45) is 5.92 Å². The number of anilines is 3. The Morgan fingerprint density at radius 1 is 1.00 bits per heavy atom. The van der Waals surface area contributed by atoms with E-state index in [0.717, 1.165) is 37.7 Å². The van der Waals surface area contributed by atoms with E-state index < -0.39 is 0 Å². The van der Waals surface area contributed by atoms with E-state index in [1.54, 1.807) is 30.5 Å². The maximum absolute atomic E-state index is 12.3. The van der Waals surface area contributed by atoms with Crippen molar-refractivity contribution in [1.29, 1.82) is 0 Å². The molecule has 136 valence electrons. The Labute approximate surface area is 152 Å². The predicted molar refractivity (Wildman–Crippen MR) is 101 cm³/mol. The molecule has 0 atom stereocenters. The van der Waals surface area contributed by atoms with Gasteiger partial charge in [-0.05, 0) is 43.0 Å². The lowest BCUT2D eigenvalue weighted by Gasteiger charge is -2.30. The van der Waals surface area contributed by atoms with E-state index >= 15 is 0 Å². The molecule has 1 aromatic heterocycles. The lowest BCUT2D eigenvalue weighted by atomic mass is 9.99. The molecule has 2 heterocycles. The summed E-state index contributed by atoms with van der Waals surface area (Å²) in [5.41, 5.74) is 1.57. The SMILES string of the molecule is CC(=O)Nc1ccc(NC(=O)c2cnc(N3CCC(C)CC3)cn2)cc1. The summed E-state index contributed by atoms with van der Waals surface area (Å²) in [5, 5.41) is 5.45. The number of benzene rings is 1. The predicted octanol–water partition coefficient (Wildman–Crippen LogP) is 2.92. The van der Waals surface area contributed by atoms with E-state index in [4.69, 9.17) is 0 Å². The number of hydrogen-bond donors (Lipinski definition) is 2. The van der Waals surface area contributed by atoms with Crippen LogP contribution in [-0.2, 0) is 4.79 Å². The topological polar surface area (TPSA) is 87.2 Å². The zero-order chi connectivity index (χ0) is 18.5. The second-order valence-corrected chi connectivity index (χ2v) is 6.64. The van der Waals surface area contributed by atoms with Crippen molar-refractivity contribution in [2.75, 3.05) is 28.6 Å². The highest BCUT2D eigenvalue weighted by Gasteiger charge is 2.18. The number of aromatic nitrogens is 2. The summed E-state index contributed by atoms with van der Waals surface area (Å²) in [4.78, 5) is 34.2. The maximum Gasteiger partial charge on any atom is 0.275 e. The van der Waals surface area contributed by atoms with E-state index in [2.05, 4.69) is 32.4 Å². The standard InChI is InChI=1S/C19H23N5O2/c1-13-7-9-24(10-8-13)18-12-20-17(11-21-18)19(26)23-16-5-3-15(4-6-16)22-14(2)25/h3-6,11-13H,7-10H2,1-2H3,(H,22,25)(H,23,26). The van der Waals surface area contributed by atoms with Crippen LogP contribution in [0.15, 0.2) is 36.7 Å². The molecule has 0 bridgehead atoms. The van der Waals surface area contributed by atoms with Gasteiger partial charge in [-0.2, -0.15) is 0 Å². The summed E-state index contributed by atoms with van der Waals surface area (Å²) in [6.07, 6.45) is 5.47. The number of carbonyl (C=O) groups excluding carboxylic acids is 2. The minimum absolute atomic E-state index is 0.139. The summed E-state index contributed by atoms with van der Waals surface area (Å²) in [7, 11) is 0. The number of rotatable bonds is 4. The number of amides is 2. The fraction of sp³-hybridized carbons (Fsp3) is 0.368. The van der Waals surface area contributed by atoms with Gasteiger partial charge >= 0.3 is 0 Å². The molecular weight excluding hydrogens is 330 g/mol. The van der Waals surface area contributed by atoms with E-state index in [-0.39, 0.29) is 17.5 Å². The van der Waals surface area contributed by atoms with Gasteiger partial charge in [0.1, 0.15) is 11.5 Å². The van der Waals surface area contributed by atoms with Gasteiger partial charge in [0.25, 0.3) is 5.91 Å². The van der Waals surface area contributed by atoms with Crippen molar-refractivity contribution in [1.82, 2.24) is 9.97 Å². The van der Waals surface area contributed by atoms with Gasteiger partial charge in [-0.3, -0.25) is 9.59 Å². The molecular formula is C19H23N5O2. The van der Waals surface area contributed by atoms with Crippen LogP contribution in [0.2, 0.25) is 0 Å². The number of carbonyl (C=O) groups is 2. The summed E-state index contributed by atoms with van der Waals surface area (Å²) in [6.45, 7) is 5.66. The fourth-order valence-corrected chi connectivity index (χ4v) is 2.87. The monoisotopic (exact) mass is 353 g/mol. The molecule has 26 heavy (non-hydrogen) atoms. The molecule has 1 fully saturated rings. The second-order valence-electron chi connectivity index (χ2n) is 6.64. The van der Waals surface area contributed by atoms with E-state index in [0.29, 0.717) is 11.4 Å². The molecule has 0 spiro atoms. The Morgan fingerprint density at radius 2 is 1.62 bits per heavy atom. The summed E-state index contributed by atoms with van der Waals surface area (Å²) in [6, 6.07) is 6.89. The van der Waals surface area contributed by atoms with Crippen LogP contribution in [0.3, 0.4) is 0 Å². The van der Waals surface area contributed by atoms with Gasteiger partial charge in [0.15, 0.2) is 0 Å². The molecule has 2 aromatic rings. The van der Waals surface area contributed by atoms with Crippen molar-refractivity contribution in [2.45, 2.75) is 26.7 Å². The van der Waals surface area contributed by atoms with Crippen LogP contribution < -0.4 is 15.5 Å². The van der Waals surface area contributed by atoms with Crippen molar-refractivity contribution in [3.8, 4) is 0 Å². The third-order valence-corrected chi connectivity index (χ3v) is 4.44. The molecule has 2 amide bonds. The van der Waals surface area contributed by atoms with Crippen LogP contribution in [0.4, 0.5) is 17.2 Å². The summed E-state index contributed by atoms with van der Waals surface area (Å²) < 4.78 is 0. The molecule has 0 saturated carbocycles. The Hall–Kier alpha value is -2.96. The van der Waals surface area contributed by atoms with Crippen molar-refractivity contribution in [3.05, 3.63) is 42.4 Å². The first-order chi connectivity index (χ1) is 12.5. The molecule has 1 aromatic carbocycles. The molecule has 3 rings (SSSR count). The molecule has 0 aliphatic carbocycles. The van der Waals surface area contributed by atoms with Gasteiger partial charge in [0.2, 0.25) is 5.91 Å². The van der Waals surface area contributed by atoms with Crippen molar-refractivity contribution >= 4 is 29.0 Å². The highest BCUT2D eigenvalue weighted by molar-refractivity contribution is 6.02. The summed E-state index contributed by atoms with van der Waals surface area (Å²) >= 11 is 0. The van der Waals surface area contributed by atoms with E-state index in [9.17, 15) is 9.59 Å². The quantitative estimate of drug-likeness (QED) is 0.882. The average Bonchev–Trinajstić information content (AvgIpc) is 2.64. The van der Waals surface area contributed by atoms with Crippen LogP contribution in [0.5, 0.6) is 0 Å². The Bertz CT molecular complexity index is 766. The van der Waals surface area contributed by atoms with Gasteiger partial charge in [-0.1, -0.05) is 6.92 Å². The van der Waals surface area contributed by atoms with Crippen LogP contribution in [0.25, 0.3) is 0 Å². The van der Waals surface area contributed by atoms with Gasteiger partial charge < -0.3 is 15.5 Å². The molecule has 0 radical (unpaired) electrons. The molecule has 7 heteroatoms. The van der Waals surface area contributed by atoms with Crippen LogP contribution in [0.1, 0.15) is 37.2 Å². The van der Waals surface area contributed by atoms with Gasteiger partial charge in [0.05, 0.1) is 12.4 Å². The van der Waals surface area contributed by atoms with Gasteiger partial charge in [-0.25, -0.2) is 9.97 Å². The number of nitrogens with one attached hydrogen (secondary N) is 2. The minimum Gasteiger partial charge on any atom is -0.355 e. The van der Waals surface area contributed by atoms with Crippen molar-refractivity contribution < 1.29 is 9.59 Å². The largest absolute Gasteiger partial charge is 0.355 e. The first kappa shape index (κ1) is 17.8. The molecule has 1 aliphatic rings. The fourth-order valence-electron chi connectivity index (χ4n) is 2.87. The molecule has 0 unspecified atom stereocenters. The lowest BCUT2D eigenvalue weighted by Crippen LogP contribution is -2.33. The molecule has 2 N–H and O–H groups in total. The second kappa shape index (κ2) is 7.95. The minimum atomic E-state index is -0.316. The highest BCUT2D eigenvalue weighted by Crippen LogP contribution is 2.20. The first-order valence-electron chi connectivity index (χ1n) is 8.77. The zero-order valence-electron chi connectivity index (χ0n) is 15.0. The number of hydrogen-bond acceptors (Lipinski definition) is 5. The van der Waals surface area contributed by atoms with Crippen LogP contribution in [-0.4, -0.2) is 34.9 Å². The molecule has 1 aliphatic heterocycles. The van der Waals surface area contributed by atoms with Gasteiger partial charge in [-0.15, -0.1) is 0 Å². The Balaban J connectivity index is 1.60.